The molecule has 1 atom stereocenters. The van der Waals surface area contributed by atoms with Crippen molar-refractivity contribution in [2.45, 2.75) is 25.2 Å². The SMILES string of the molecule is CCOC(=O)CC1(c2ccncc2)CNC(=O)C1. The van der Waals surface area contributed by atoms with Crippen LogP contribution in [0.2, 0.25) is 0 Å². The molecule has 1 N–H and O–H groups in total. The third kappa shape index (κ3) is 2.50. The average molecular weight is 248 g/mol. The van der Waals surface area contributed by atoms with Crippen LogP contribution in [0.25, 0.3) is 0 Å². The zero-order valence-electron chi connectivity index (χ0n) is 10.3. The summed E-state index contributed by atoms with van der Waals surface area (Å²) in [5.41, 5.74) is 0.454. The van der Waals surface area contributed by atoms with Gasteiger partial charge in [0.15, 0.2) is 0 Å². The molecule has 1 aromatic heterocycles. The zero-order valence-corrected chi connectivity index (χ0v) is 10.3. The van der Waals surface area contributed by atoms with Crippen molar-refractivity contribution in [3.05, 3.63) is 30.1 Å². The van der Waals surface area contributed by atoms with Crippen LogP contribution in [0.15, 0.2) is 24.5 Å². The molecular formula is C13H16N2O3. The third-order valence-electron chi connectivity index (χ3n) is 3.20. The maximum atomic E-state index is 11.7. The van der Waals surface area contributed by atoms with Gasteiger partial charge < -0.3 is 10.1 Å². The van der Waals surface area contributed by atoms with E-state index in [1.54, 1.807) is 19.3 Å². The monoisotopic (exact) mass is 248 g/mol. The van der Waals surface area contributed by atoms with E-state index in [9.17, 15) is 9.59 Å². The fourth-order valence-electron chi connectivity index (χ4n) is 2.33. The van der Waals surface area contributed by atoms with Gasteiger partial charge >= 0.3 is 5.97 Å². The number of carbonyl (C=O) groups is 2. The van der Waals surface area contributed by atoms with Crippen LogP contribution < -0.4 is 5.32 Å². The summed E-state index contributed by atoms with van der Waals surface area (Å²) in [6.45, 7) is 2.59. The molecule has 18 heavy (non-hydrogen) atoms. The van der Waals surface area contributed by atoms with Gasteiger partial charge in [-0.05, 0) is 24.6 Å². The highest BCUT2D eigenvalue weighted by atomic mass is 16.5. The molecule has 1 fully saturated rings. The topological polar surface area (TPSA) is 68.3 Å². The lowest BCUT2D eigenvalue weighted by Gasteiger charge is -2.26. The lowest BCUT2D eigenvalue weighted by molar-refractivity contribution is -0.144. The van der Waals surface area contributed by atoms with Crippen LogP contribution in [-0.2, 0) is 19.7 Å². The summed E-state index contributed by atoms with van der Waals surface area (Å²) in [6.07, 6.45) is 3.87. The smallest absolute Gasteiger partial charge is 0.306 e. The second kappa shape index (κ2) is 5.16. The molecule has 1 amide bonds. The summed E-state index contributed by atoms with van der Waals surface area (Å²) in [4.78, 5) is 27.2. The van der Waals surface area contributed by atoms with Crippen molar-refractivity contribution in [1.82, 2.24) is 10.3 Å². The number of aromatic nitrogens is 1. The normalized spacial score (nSPS) is 22.6. The molecule has 1 saturated heterocycles. The number of rotatable bonds is 4. The molecule has 0 bridgehead atoms. The number of pyridine rings is 1. The molecule has 1 aliphatic heterocycles. The molecule has 0 radical (unpaired) electrons. The molecule has 1 aliphatic rings. The average Bonchev–Trinajstić information content (AvgIpc) is 2.73. The van der Waals surface area contributed by atoms with Gasteiger partial charge in [0, 0.05) is 30.8 Å². The van der Waals surface area contributed by atoms with Gasteiger partial charge in [-0.3, -0.25) is 14.6 Å². The molecule has 1 aromatic rings. The van der Waals surface area contributed by atoms with E-state index >= 15 is 0 Å². The number of carbonyl (C=O) groups excluding carboxylic acids is 2. The summed E-state index contributed by atoms with van der Waals surface area (Å²) >= 11 is 0. The largest absolute Gasteiger partial charge is 0.466 e. The molecular weight excluding hydrogens is 232 g/mol. The summed E-state index contributed by atoms with van der Waals surface area (Å²) in [6, 6.07) is 3.69. The molecule has 96 valence electrons. The summed E-state index contributed by atoms with van der Waals surface area (Å²) in [5, 5.41) is 2.79. The summed E-state index contributed by atoms with van der Waals surface area (Å²) < 4.78 is 4.99. The van der Waals surface area contributed by atoms with Crippen LogP contribution in [0.5, 0.6) is 0 Å². The zero-order chi connectivity index (χ0) is 13.0. The molecule has 2 rings (SSSR count). The minimum atomic E-state index is -0.494. The van der Waals surface area contributed by atoms with E-state index in [0.29, 0.717) is 19.6 Å². The summed E-state index contributed by atoms with van der Waals surface area (Å²) in [7, 11) is 0. The van der Waals surface area contributed by atoms with Crippen molar-refractivity contribution in [3.8, 4) is 0 Å². The number of nitrogens with zero attached hydrogens (tertiary/aromatic N) is 1. The van der Waals surface area contributed by atoms with Crippen LogP contribution >= 0.6 is 0 Å². The molecule has 1 unspecified atom stereocenters. The van der Waals surface area contributed by atoms with Gasteiger partial charge in [0.25, 0.3) is 0 Å². The van der Waals surface area contributed by atoms with E-state index in [1.165, 1.54) is 0 Å². The fraction of sp³-hybridized carbons (Fsp3) is 0.462. The Hall–Kier alpha value is -1.91. The van der Waals surface area contributed by atoms with Crippen molar-refractivity contribution < 1.29 is 14.3 Å². The van der Waals surface area contributed by atoms with Gasteiger partial charge in [-0.1, -0.05) is 0 Å². The predicted molar refractivity (Wildman–Crippen MR) is 64.8 cm³/mol. The minimum Gasteiger partial charge on any atom is -0.466 e. The quantitative estimate of drug-likeness (QED) is 0.800. The van der Waals surface area contributed by atoms with Crippen LogP contribution in [0, 0.1) is 0 Å². The molecule has 0 aromatic carbocycles. The lowest BCUT2D eigenvalue weighted by Crippen LogP contribution is -2.32. The lowest BCUT2D eigenvalue weighted by atomic mass is 9.77. The van der Waals surface area contributed by atoms with Crippen molar-refractivity contribution in [2.24, 2.45) is 0 Å². The number of ether oxygens (including phenoxy) is 1. The van der Waals surface area contributed by atoms with Gasteiger partial charge in [0.2, 0.25) is 5.91 Å². The second-order valence-corrected chi connectivity index (χ2v) is 4.45. The van der Waals surface area contributed by atoms with Crippen molar-refractivity contribution in [3.63, 3.8) is 0 Å². The van der Waals surface area contributed by atoms with Crippen LogP contribution in [0.1, 0.15) is 25.3 Å². The van der Waals surface area contributed by atoms with Crippen molar-refractivity contribution in [1.29, 1.82) is 0 Å². The highest BCUT2D eigenvalue weighted by Gasteiger charge is 2.42. The Morgan fingerprint density at radius 1 is 1.50 bits per heavy atom. The number of hydrogen-bond donors (Lipinski definition) is 1. The Labute approximate surface area is 106 Å². The Balaban J connectivity index is 2.25. The van der Waals surface area contributed by atoms with Crippen LogP contribution in [0.4, 0.5) is 0 Å². The number of esters is 1. The van der Waals surface area contributed by atoms with Gasteiger partial charge in [0.05, 0.1) is 13.0 Å². The first-order valence-electron chi connectivity index (χ1n) is 5.99. The van der Waals surface area contributed by atoms with Gasteiger partial charge in [-0.25, -0.2) is 0 Å². The van der Waals surface area contributed by atoms with Crippen molar-refractivity contribution >= 4 is 11.9 Å². The maximum absolute atomic E-state index is 11.7. The van der Waals surface area contributed by atoms with Crippen LogP contribution in [0.3, 0.4) is 0 Å². The van der Waals surface area contributed by atoms with Crippen molar-refractivity contribution in [2.75, 3.05) is 13.2 Å². The predicted octanol–water partition coefficient (Wildman–Crippen LogP) is 0.792. The molecule has 0 spiro atoms. The number of nitrogens with one attached hydrogen (secondary N) is 1. The number of hydrogen-bond acceptors (Lipinski definition) is 4. The minimum absolute atomic E-state index is 0.0314. The number of amides is 1. The second-order valence-electron chi connectivity index (χ2n) is 4.45. The Bertz CT molecular complexity index is 447. The molecule has 2 heterocycles. The first-order valence-corrected chi connectivity index (χ1v) is 5.99. The Morgan fingerprint density at radius 2 is 2.22 bits per heavy atom. The van der Waals surface area contributed by atoms with Crippen LogP contribution in [-0.4, -0.2) is 30.0 Å². The molecule has 5 heteroatoms. The van der Waals surface area contributed by atoms with E-state index < -0.39 is 5.41 Å². The Kier molecular flexibility index (Phi) is 3.60. The first kappa shape index (κ1) is 12.5. The van der Waals surface area contributed by atoms with Gasteiger partial charge in [0.1, 0.15) is 0 Å². The fourth-order valence-corrected chi connectivity index (χ4v) is 2.33. The standard InChI is InChI=1S/C13H16N2O3/c1-2-18-12(17)8-13(7-11(16)15-9-13)10-3-5-14-6-4-10/h3-6H,2,7-9H2,1H3,(H,15,16). The molecule has 0 saturated carbocycles. The molecule has 5 nitrogen and oxygen atoms in total. The maximum Gasteiger partial charge on any atom is 0.306 e. The van der Waals surface area contributed by atoms with E-state index in [1.807, 2.05) is 12.1 Å². The third-order valence-corrected chi connectivity index (χ3v) is 3.20. The highest BCUT2D eigenvalue weighted by molar-refractivity contribution is 5.83. The van der Waals surface area contributed by atoms with Gasteiger partial charge in [-0.15, -0.1) is 0 Å². The van der Waals surface area contributed by atoms with E-state index in [-0.39, 0.29) is 18.3 Å². The van der Waals surface area contributed by atoms with E-state index in [2.05, 4.69) is 10.3 Å². The van der Waals surface area contributed by atoms with Gasteiger partial charge in [-0.2, -0.15) is 0 Å². The van der Waals surface area contributed by atoms with E-state index in [0.717, 1.165) is 5.56 Å². The van der Waals surface area contributed by atoms with E-state index in [4.69, 9.17) is 4.74 Å². The Morgan fingerprint density at radius 3 is 2.78 bits per heavy atom. The first-order chi connectivity index (χ1) is 8.66. The summed E-state index contributed by atoms with van der Waals surface area (Å²) in [5.74, 6) is -0.304. The molecule has 0 aliphatic carbocycles. The highest BCUT2D eigenvalue weighted by Crippen LogP contribution is 2.34.